The van der Waals surface area contributed by atoms with E-state index in [1.54, 1.807) is 0 Å². The van der Waals surface area contributed by atoms with Crippen LogP contribution in [0.2, 0.25) is 0 Å². The van der Waals surface area contributed by atoms with Crippen LogP contribution in [0.3, 0.4) is 0 Å². The molecule has 0 heterocycles. The second kappa shape index (κ2) is 8.34. The van der Waals surface area contributed by atoms with Crippen LogP contribution in [0.5, 0.6) is 0 Å². The van der Waals surface area contributed by atoms with Gasteiger partial charge >= 0.3 is 18.5 Å². The zero-order chi connectivity index (χ0) is 24.7. The van der Waals surface area contributed by atoms with Crippen LogP contribution in [0.4, 0.5) is 39.5 Å². The molecule has 2 aromatic carbocycles. The number of halogens is 9. The maximum Gasteiger partial charge on any atom is 0.416 e. The van der Waals surface area contributed by atoms with Crippen LogP contribution in [0.25, 0.3) is 0 Å². The van der Waals surface area contributed by atoms with Crippen molar-refractivity contribution in [1.82, 2.24) is 4.31 Å². The fourth-order valence-corrected chi connectivity index (χ4v) is 4.13. The second-order valence-electron chi connectivity index (χ2n) is 6.68. The van der Waals surface area contributed by atoms with E-state index in [0.717, 1.165) is 6.07 Å². The Kier molecular flexibility index (Phi) is 6.66. The smallest absolute Gasteiger partial charge is 0.270 e. The molecule has 2 rings (SSSR count). The Morgan fingerprint density at radius 3 is 1.62 bits per heavy atom. The molecule has 0 aliphatic rings. The largest absolute Gasteiger partial charge is 0.416 e. The molecule has 0 N–H and O–H groups in total. The zero-order valence-corrected chi connectivity index (χ0v) is 16.8. The van der Waals surface area contributed by atoms with Crippen LogP contribution >= 0.6 is 0 Å². The van der Waals surface area contributed by atoms with E-state index < -0.39 is 62.2 Å². The minimum Gasteiger partial charge on any atom is -0.270 e. The van der Waals surface area contributed by atoms with Crippen LogP contribution in [-0.2, 0) is 35.1 Å². The minimum absolute atomic E-state index is 0.0826. The topological polar surface area (TPSA) is 37.4 Å². The monoisotopic (exact) mass is 491 g/mol. The summed E-state index contributed by atoms with van der Waals surface area (Å²) in [5, 5.41) is 0. The van der Waals surface area contributed by atoms with Crippen LogP contribution in [0, 0.1) is 6.92 Å². The molecule has 13 heteroatoms. The van der Waals surface area contributed by atoms with Crippen molar-refractivity contribution in [1.29, 1.82) is 0 Å². The minimum atomic E-state index is -5.16. The first kappa shape index (κ1) is 25.6. The Hall–Kier alpha value is -2.70. The highest BCUT2D eigenvalue weighted by Gasteiger charge is 2.37. The molecule has 0 saturated heterocycles. The van der Waals surface area contributed by atoms with Crippen LogP contribution in [0.1, 0.15) is 27.8 Å². The van der Waals surface area contributed by atoms with Gasteiger partial charge in [-0.25, -0.2) is 8.42 Å². The normalized spacial score (nSPS) is 13.2. The van der Waals surface area contributed by atoms with Crippen molar-refractivity contribution in [3.63, 3.8) is 0 Å². The molecule has 2 aromatic rings. The van der Waals surface area contributed by atoms with Gasteiger partial charge in [0.15, 0.2) is 0 Å². The van der Waals surface area contributed by atoms with Crippen LogP contribution in [0.15, 0.2) is 54.1 Å². The molecule has 32 heavy (non-hydrogen) atoms. The van der Waals surface area contributed by atoms with Crippen molar-refractivity contribution in [2.24, 2.45) is 0 Å². The van der Waals surface area contributed by atoms with Gasteiger partial charge in [0.05, 0.1) is 28.1 Å². The van der Waals surface area contributed by atoms with E-state index >= 15 is 0 Å². The molecule has 0 spiro atoms. The molecule has 0 amide bonds. The van der Waals surface area contributed by atoms with Crippen LogP contribution in [-0.4, -0.2) is 12.7 Å². The summed E-state index contributed by atoms with van der Waals surface area (Å²) < 4.78 is 143. The zero-order valence-electron chi connectivity index (χ0n) is 16.0. The molecule has 0 unspecified atom stereocenters. The van der Waals surface area contributed by atoms with E-state index in [2.05, 4.69) is 6.58 Å². The first-order chi connectivity index (χ1) is 14.4. The second-order valence-corrected chi connectivity index (χ2v) is 8.57. The maximum absolute atomic E-state index is 13.0. The van der Waals surface area contributed by atoms with Gasteiger partial charge in [-0.15, -0.1) is 0 Å². The maximum atomic E-state index is 13.0. The van der Waals surface area contributed by atoms with Gasteiger partial charge in [0, 0.05) is 6.20 Å². The summed E-state index contributed by atoms with van der Waals surface area (Å²) in [6.07, 6.45) is -14.6. The lowest BCUT2D eigenvalue weighted by Crippen LogP contribution is -2.26. The number of aryl methyl sites for hydroxylation is 1. The SMILES string of the molecule is C=CN(Cc1cc(C(F)(F)F)cc(C(F)(F)F)c1)S(=O)(=O)c1cc(C)cc(C(F)(F)F)c1. The fraction of sp³-hybridized carbons (Fsp3) is 0.263. The molecule has 0 saturated carbocycles. The van der Waals surface area contributed by atoms with Crippen molar-refractivity contribution in [2.45, 2.75) is 36.9 Å². The predicted molar refractivity (Wildman–Crippen MR) is 95.6 cm³/mol. The Morgan fingerprint density at radius 2 is 1.22 bits per heavy atom. The number of rotatable bonds is 5. The van der Waals surface area contributed by atoms with Crippen molar-refractivity contribution >= 4 is 10.0 Å². The Morgan fingerprint density at radius 1 is 0.781 bits per heavy atom. The molecule has 176 valence electrons. The molecule has 0 fully saturated rings. The van der Waals surface area contributed by atoms with Gasteiger partial charge in [0.25, 0.3) is 10.0 Å². The molecule has 0 aromatic heterocycles. The molecule has 0 aliphatic carbocycles. The highest BCUT2D eigenvalue weighted by atomic mass is 32.2. The number of nitrogens with zero attached hydrogens (tertiary/aromatic N) is 1. The predicted octanol–water partition coefficient (Wildman–Crippen LogP) is 6.39. The standard InChI is InChI=1S/C19H14F9NO2S/c1-3-29(32(30,31)16-5-11(2)4-13(9-16)17(20,21)22)10-12-6-14(18(23,24)25)8-15(7-12)19(26,27)28/h3-9H,1,10H2,2H3. The summed E-state index contributed by atoms with van der Waals surface area (Å²) in [5.41, 5.74) is -5.41. The van der Waals surface area contributed by atoms with Crippen molar-refractivity contribution in [2.75, 3.05) is 0 Å². The summed E-state index contributed by atoms with van der Waals surface area (Å²) in [7, 11) is -4.80. The summed E-state index contributed by atoms with van der Waals surface area (Å²) in [6, 6.07) is 2.38. The Labute approximate surface area is 176 Å². The number of alkyl halides is 9. The van der Waals surface area contributed by atoms with Gasteiger partial charge in [-0.2, -0.15) is 39.5 Å². The van der Waals surface area contributed by atoms with E-state index in [1.165, 1.54) is 6.92 Å². The molecule has 0 atom stereocenters. The third-order valence-electron chi connectivity index (χ3n) is 4.17. The van der Waals surface area contributed by atoms with Gasteiger partial charge in [0.1, 0.15) is 0 Å². The molecular weight excluding hydrogens is 477 g/mol. The molecule has 0 radical (unpaired) electrons. The highest BCUT2D eigenvalue weighted by molar-refractivity contribution is 7.89. The summed E-state index contributed by atoms with van der Waals surface area (Å²) in [6.45, 7) is 3.32. The highest BCUT2D eigenvalue weighted by Crippen LogP contribution is 2.37. The number of hydrogen-bond acceptors (Lipinski definition) is 2. The quantitative estimate of drug-likeness (QED) is 0.455. The lowest BCUT2D eigenvalue weighted by atomic mass is 10.0. The average Bonchev–Trinajstić information content (AvgIpc) is 2.63. The van der Waals surface area contributed by atoms with Crippen molar-refractivity contribution in [3.8, 4) is 0 Å². The third-order valence-corrected chi connectivity index (χ3v) is 5.90. The summed E-state index contributed by atoms with van der Waals surface area (Å²) in [4.78, 5) is -0.854. The number of sulfonamides is 1. The van der Waals surface area contributed by atoms with Crippen LogP contribution < -0.4 is 0 Å². The van der Waals surface area contributed by atoms with Gasteiger partial charge in [0.2, 0.25) is 0 Å². The molecule has 0 bridgehead atoms. The van der Waals surface area contributed by atoms with E-state index in [0.29, 0.717) is 30.5 Å². The summed E-state index contributed by atoms with van der Waals surface area (Å²) >= 11 is 0. The number of benzene rings is 2. The first-order valence-corrected chi connectivity index (χ1v) is 9.91. The number of hydrogen-bond donors (Lipinski definition) is 0. The van der Waals surface area contributed by atoms with Gasteiger partial charge in [-0.3, -0.25) is 4.31 Å². The lowest BCUT2D eigenvalue weighted by molar-refractivity contribution is -0.143. The molecular formula is C19H14F9NO2S. The molecule has 3 nitrogen and oxygen atoms in total. The van der Waals surface area contributed by atoms with Gasteiger partial charge in [-0.1, -0.05) is 6.58 Å². The van der Waals surface area contributed by atoms with Gasteiger partial charge < -0.3 is 0 Å². The Balaban J connectivity index is 2.57. The van der Waals surface area contributed by atoms with Crippen molar-refractivity contribution in [3.05, 3.63) is 77.0 Å². The molecule has 0 aliphatic heterocycles. The van der Waals surface area contributed by atoms with E-state index in [4.69, 9.17) is 0 Å². The van der Waals surface area contributed by atoms with Crippen molar-refractivity contribution < 1.29 is 47.9 Å². The third kappa shape index (κ3) is 5.75. The summed E-state index contributed by atoms with van der Waals surface area (Å²) in [5.74, 6) is 0. The van der Waals surface area contributed by atoms with E-state index in [9.17, 15) is 47.9 Å². The average molecular weight is 491 g/mol. The van der Waals surface area contributed by atoms with E-state index in [1.807, 2.05) is 0 Å². The van der Waals surface area contributed by atoms with Gasteiger partial charge in [-0.05, 0) is 54.4 Å². The van der Waals surface area contributed by atoms with E-state index in [-0.39, 0.29) is 15.9 Å². The first-order valence-electron chi connectivity index (χ1n) is 8.47. The Bertz CT molecular complexity index is 1080. The fourth-order valence-electron chi connectivity index (χ4n) is 2.73. The lowest BCUT2D eigenvalue weighted by Gasteiger charge is -2.22.